The Hall–Kier alpha value is -0.650. The lowest BCUT2D eigenvalue weighted by Gasteiger charge is -2.45. The molecular weight excluding hydrogens is 270 g/mol. The predicted octanol–water partition coefficient (Wildman–Crippen LogP) is 1.88. The van der Waals surface area contributed by atoms with Crippen molar-refractivity contribution >= 4 is 5.91 Å². The third-order valence-electron chi connectivity index (χ3n) is 4.43. The average Bonchev–Trinajstić information content (AvgIpc) is 2.46. The first-order valence-electron chi connectivity index (χ1n) is 8.06. The van der Waals surface area contributed by atoms with Crippen LogP contribution >= 0.6 is 0 Å². The monoisotopic (exact) mass is 301 g/mol. The SMILES string of the molecule is CCCCCOCC(=O)NCC(C)(C)C1(O)CCOCC1. The lowest BCUT2D eigenvalue weighted by molar-refractivity contribution is -0.138. The number of ether oxygens (including phenoxy) is 2. The van der Waals surface area contributed by atoms with Crippen LogP contribution in [0.25, 0.3) is 0 Å². The molecule has 0 bridgehead atoms. The predicted molar refractivity (Wildman–Crippen MR) is 82.1 cm³/mol. The summed E-state index contributed by atoms with van der Waals surface area (Å²) in [5.74, 6) is -0.116. The highest BCUT2D eigenvalue weighted by Gasteiger charge is 2.44. The van der Waals surface area contributed by atoms with Crippen LogP contribution in [0.1, 0.15) is 52.9 Å². The summed E-state index contributed by atoms with van der Waals surface area (Å²) in [5, 5.41) is 13.6. The van der Waals surface area contributed by atoms with Crippen molar-refractivity contribution in [2.75, 3.05) is 33.0 Å². The largest absolute Gasteiger partial charge is 0.389 e. The van der Waals surface area contributed by atoms with E-state index in [1.165, 1.54) is 0 Å². The number of carbonyl (C=O) groups is 1. The number of amides is 1. The van der Waals surface area contributed by atoms with Gasteiger partial charge in [-0.05, 0) is 6.42 Å². The first-order chi connectivity index (χ1) is 9.91. The molecule has 0 atom stereocenters. The van der Waals surface area contributed by atoms with Crippen LogP contribution in [0.3, 0.4) is 0 Å². The lowest BCUT2D eigenvalue weighted by atomic mass is 9.70. The van der Waals surface area contributed by atoms with E-state index in [0.717, 1.165) is 19.3 Å². The molecule has 0 aromatic heterocycles. The molecule has 0 spiro atoms. The molecule has 5 nitrogen and oxygen atoms in total. The van der Waals surface area contributed by atoms with Gasteiger partial charge in [0.25, 0.3) is 0 Å². The second-order valence-corrected chi connectivity index (χ2v) is 6.56. The van der Waals surface area contributed by atoms with E-state index in [1.54, 1.807) is 0 Å². The van der Waals surface area contributed by atoms with Gasteiger partial charge in [-0.1, -0.05) is 33.6 Å². The molecule has 1 rings (SSSR count). The highest BCUT2D eigenvalue weighted by molar-refractivity contribution is 5.77. The van der Waals surface area contributed by atoms with E-state index in [4.69, 9.17) is 9.47 Å². The van der Waals surface area contributed by atoms with Crippen LogP contribution in [0.2, 0.25) is 0 Å². The Bertz CT molecular complexity index is 311. The molecule has 1 heterocycles. The summed E-state index contributed by atoms with van der Waals surface area (Å²) in [4.78, 5) is 11.8. The Morgan fingerprint density at radius 1 is 1.33 bits per heavy atom. The summed E-state index contributed by atoms with van der Waals surface area (Å²) in [6.07, 6.45) is 4.50. The molecule has 1 fully saturated rings. The van der Waals surface area contributed by atoms with Crippen LogP contribution in [-0.2, 0) is 14.3 Å². The second-order valence-electron chi connectivity index (χ2n) is 6.56. The van der Waals surface area contributed by atoms with E-state index >= 15 is 0 Å². The van der Waals surface area contributed by atoms with Crippen molar-refractivity contribution in [1.82, 2.24) is 5.32 Å². The van der Waals surface area contributed by atoms with E-state index < -0.39 is 5.60 Å². The Balaban J connectivity index is 2.27. The van der Waals surface area contributed by atoms with Crippen LogP contribution in [-0.4, -0.2) is 49.6 Å². The van der Waals surface area contributed by atoms with Crippen LogP contribution < -0.4 is 5.32 Å². The van der Waals surface area contributed by atoms with E-state index in [-0.39, 0.29) is 17.9 Å². The second kappa shape index (κ2) is 8.71. The number of hydrogen-bond acceptors (Lipinski definition) is 4. The van der Waals surface area contributed by atoms with Crippen molar-refractivity contribution in [3.63, 3.8) is 0 Å². The molecule has 0 aromatic rings. The first-order valence-corrected chi connectivity index (χ1v) is 8.06. The molecule has 0 aromatic carbocycles. The molecule has 21 heavy (non-hydrogen) atoms. The van der Waals surface area contributed by atoms with Crippen LogP contribution in [0.5, 0.6) is 0 Å². The van der Waals surface area contributed by atoms with E-state index in [1.807, 2.05) is 13.8 Å². The van der Waals surface area contributed by atoms with E-state index in [2.05, 4.69) is 12.2 Å². The fourth-order valence-electron chi connectivity index (χ4n) is 2.54. The van der Waals surface area contributed by atoms with Gasteiger partial charge in [-0.15, -0.1) is 0 Å². The Labute approximate surface area is 128 Å². The fourth-order valence-corrected chi connectivity index (χ4v) is 2.54. The number of unbranched alkanes of at least 4 members (excludes halogenated alkanes) is 2. The van der Waals surface area contributed by atoms with Crippen LogP contribution in [0, 0.1) is 5.41 Å². The summed E-state index contributed by atoms with van der Waals surface area (Å²) >= 11 is 0. The highest BCUT2D eigenvalue weighted by Crippen LogP contribution is 2.38. The highest BCUT2D eigenvalue weighted by atomic mass is 16.5. The summed E-state index contributed by atoms with van der Waals surface area (Å²) < 4.78 is 10.6. The molecule has 5 heteroatoms. The maximum atomic E-state index is 11.8. The molecule has 124 valence electrons. The lowest BCUT2D eigenvalue weighted by Crippen LogP contribution is -2.54. The van der Waals surface area contributed by atoms with E-state index in [0.29, 0.717) is 39.2 Å². The number of carbonyl (C=O) groups excluding carboxylic acids is 1. The fraction of sp³-hybridized carbons (Fsp3) is 0.938. The molecule has 0 aliphatic carbocycles. The van der Waals surface area contributed by atoms with Crippen molar-refractivity contribution in [2.24, 2.45) is 5.41 Å². The van der Waals surface area contributed by atoms with Crippen molar-refractivity contribution in [3.8, 4) is 0 Å². The Kier molecular flexibility index (Phi) is 7.63. The normalized spacial score (nSPS) is 18.5. The number of nitrogens with one attached hydrogen (secondary N) is 1. The molecule has 0 saturated carbocycles. The zero-order chi connectivity index (χ0) is 15.8. The van der Waals surface area contributed by atoms with Gasteiger partial charge < -0.3 is 19.9 Å². The third kappa shape index (κ3) is 5.93. The van der Waals surface area contributed by atoms with Gasteiger partial charge in [0.1, 0.15) is 6.61 Å². The molecule has 0 radical (unpaired) electrons. The minimum atomic E-state index is -0.777. The number of aliphatic hydroxyl groups is 1. The summed E-state index contributed by atoms with van der Waals surface area (Å²) in [6, 6.07) is 0. The molecule has 1 amide bonds. The summed E-state index contributed by atoms with van der Waals surface area (Å²) in [7, 11) is 0. The molecule has 1 aliphatic rings. The maximum absolute atomic E-state index is 11.8. The third-order valence-corrected chi connectivity index (χ3v) is 4.43. The molecular formula is C16H31NO4. The van der Waals surface area contributed by atoms with Gasteiger partial charge in [-0.2, -0.15) is 0 Å². The maximum Gasteiger partial charge on any atom is 0.246 e. The van der Waals surface area contributed by atoms with Crippen LogP contribution in [0.15, 0.2) is 0 Å². The summed E-state index contributed by atoms with van der Waals surface area (Å²) in [5.41, 5.74) is -1.16. The van der Waals surface area contributed by atoms with Gasteiger partial charge in [0.05, 0.1) is 5.60 Å². The van der Waals surface area contributed by atoms with Gasteiger partial charge in [-0.25, -0.2) is 0 Å². The van der Waals surface area contributed by atoms with Crippen LogP contribution in [0.4, 0.5) is 0 Å². The first kappa shape index (κ1) is 18.4. The molecule has 1 aliphatic heterocycles. The smallest absolute Gasteiger partial charge is 0.246 e. The number of hydrogen-bond donors (Lipinski definition) is 2. The average molecular weight is 301 g/mol. The van der Waals surface area contributed by atoms with Gasteiger partial charge in [0.2, 0.25) is 5.91 Å². The molecule has 1 saturated heterocycles. The van der Waals surface area contributed by atoms with Crippen molar-refractivity contribution in [2.45, 2.75) is 58.5 Å². The van der Waals surface area contributed by atoms with Gasteiger partial charge in [0, 0.05) is 44.6 Å². The molecule has 0 unspecified atom stereocenters. The van der Waals surface area contributed by atoms with Gasteiger partial charge in [-0.3, -0.25) is 4.79 Å². The topological polar surface area (TPSA) is 67.8 Å². The minimum Gasteiger partial charge on any atom is -0.389 e. The zero-order valence-electron chi connectivity index (χ0n) is 13.7. The molecule has 2 N–H and O–H groups in total. The quantitative estimate of drug-likeness (QED) is 0.638. The standard InChI is InChI=1S/C16H31NO4/c1-4-5-6-9-21-12-14(18)17-13-15(2,3)16(19)7-10-20-11-8-16/h19H,4-13H2,1-3H3,(H,17,18). The Morgan fingerprint density at radius 3 is 2.62 bits per heavy atom. The zero-order valence-corrected chi connectivity index (χ0v) is 13.7. The van der Waals surface area contributed by atoms with Gasteiger partial charge in [0.15, 0.2) is 0 Å². The van der Waals surface area contributed by atoms with E-state index in [9.17, 15) is 9.90 Å². The Morgan fingerprint density at radius 2 is 2.00 bits per heavy atom. The summed E-state index contributed by atoms with van der Waals surface area (Å²) in [6.45, 7) is 8.44. The van der Waals surface area contributed by atoms with Crippen molar-refractivity contribution < 1.29 is 19.4 Å². The number of rotatable bonds is 9. The van der Waals surface area contributed by atoms with Gasteiger partial charge >= 0.3 is 0 Å². The van der Waals surface area contributed by atoms with Crippen molar-refractivity contribution in [1.29, 1.82) is 0 Å². The minimum absolute atomic E-state index is 0.0985. The van der Waals surface area contributed by atoms with Crippen molar-refractivity contribution in [3.05, 3.63) is 0 Å².